The van der Waals surface area contributed by atoms with E-state index < -0.39 is 0 Å². The van der Waals surface area contributed by atoms with Gasteiger partial charge in [-0.2, -0.15) is 0 Å². The number of hydrogen-bond acceptors (Lipinski definition) is 6. The van der Waals surface area contributed by atoms with Crippen molar-refractivity contribution < 1.29 is 19.1 Å². The quantitative estimate of drug-likeness (QED) is 0.598. The van der Waals surface area contributed by atoms with Crippen molar-refractivity contribution >= 4 is 17.8 Å². The molecule has 1 saturated heterocycles. The Labute approximate surface area is 166 Å². The highest BCUT2D eigenvalue weighted by atomic mass is 16.5. The third-order valence-electron chi connectivity index (χ3n) is 4.84. The monoisotopic (exact) mass is 390 g/mol. The van der Waals surface area contributed by atoms with Crippen LogP contribution in [0.1, 0.15) is 56.4 Å². The van der Waals surface area contributed by atoms with Crippen LogP contribution in [0.15, 0.2) is 18.6 Å². The third-order valence-corrected chi connectivity index (χ3v) is 4.84. The Hall–Kier alpha value is -2.51. The van der Waals surface area contributed by atoms with Crippen LogP contribution in [0.25, 0.3) is 0 Å². The minimum atomic E-state index is -0.255. The molecule has 0 N–H and O–H groups in total. The maximum absolute atomic E-state index is 12.7. The minimum absolute atomic E-state index is 0.0394. The van der Waals surface area contributed by atoms with E-state index in [2.05, 4.69) is 16.9 Å². The van der Waals surface area contributed by atoms with Crippen molar-refractivity contribution in [1.29, 1.82) is 0 Å². The zero-order valence-corrected chi connectivity index (χ0v) is 16.8. The van der Waals surface area contributed by atoms with Gasteiger partial charge in [-0.3, -0.25) is 19.4 Å². The number of aromatic nitrogens is 2. The summed E-state index contributed by atoms with van der Waals surface area (Å²) in [5.74, 6) is -0.739. The number of hydrogen-bond donors (Lipinski definition) is 0. The largest absolute Gasteiger partial charge is 0.466 e. The lowest BCUT2D eigenvalue weighted by Crippen LogP contribution is -2.44. The lowest BCUT2D eigenvalue weighted by atomic mass is 9.98. The van der Waals surface area contributed by atoms with Gasteiger partial charge in [0.05, 0.1) is 18.7 Å². The first kappa shape index (κ1) is 21.8. The lowest BCUT2D eigenvalue weighted by Gasteiger charge is -2.32. The number of carbonyl (C=O) groups is 3. The van der Waals surface area contributed by atoms with E-state index in [4.69, 9.17) is 4.74 Å². The summed E-state index contributed by atoms with van der Waals surface area (Å²) in [5.41, 5.74) is 0.284. The number of unbranched alkanes of at least 4 members (excludes halogenated alkanes) is 1. The summed E-state index contributed by atoms with van der Waals surface area (Å²) in [7, 11) is 0. The lowest BCUT2D eigenvalue weighted by molar-refractivity contribution is -0.151. The number of esters is 1. The van der Waals surface area contributed by atoms with Gasteiger partial charge in [0.15, 0.2) is 0 Å². The summed E-state index contributed by atoms with van der Waals surface area (Å²) in [6, 6.07) is 0. The highest BCUT2D eigenvalue weighted by Crippen LogP contribution is 2.19. The van der Waals surface area contributed by atoms with Gasteiger partial charge in [0.2, 0.25) is 5.91 Å². The number of ether oxygens (including phenoxy) is 1. The smallest absolute Gasteiger partial charge is 0.310 e. The molecule has 0 unspecified atom stereocenters. The fraction of sp³-hybridized carbons (Fsp3) is 0.650. The predicted octanol–water partition coefficient (Wildman–Crippen LogP) is 1.91. The summed E-state index contributed by atoms with van der Waals surface area (Å²) < 4.78 is 5.09. The molecule has 0 aromatic carbocycles. The van der Waals surface area contributed by atoms with Crippen LogP contribution in [-0.2, 0) is 14.3 Å². The molecule has 1 aromatic heterocycles. The fourth-order valence-electron chi connectivity index (χ4n) is 3.28. The van der Waals surface area contributed by atoms with Crippen LogP contribution < -0.4 is 0 Å². The average molecular weight is 390 g/mol. The molecule has 0 bridgehead atoms. The predicted molar refractivity (Wildman–Crippen MR) is 103 cm³/mol. The molecular formula is C20H30N4O4. The molecule has 1 atom stereocenters. The van der Waals surface area contributed by atoms with E-state index in [9.17, 15) is 14.4 Å². The maximum Gasteiger partial charge on any atom is 0.310 e. The molecule has 1 aromatic rings. The standard InChI is InChI=1S/C20H30N4O4/c1-3-5-11-23(19(26)17-14-21-9-10-22-17)13-8-18(25)24-12-6-7-16(15-24)20(27)28-4-2/h9-10,14,16H,3-8,11-13,15H2,1-2H3/t16-/m0/s1. The van der Waals surface area contributed by atoms with Crippen LogP contribution in [0.5, 0.6) is 0 Å². The molecule has 0 aliphatic carbocycles. The number of amides is 2. The number of nitrogens with zero attached hydrogens (tertiary/aromatic N) is 4. The molecule has 1 aliphatic heterocycles. The molecule has 0 saturated carbocycles. The van der Waals surface area contributed by atoms with Crippen molar-refractivity contribution in [3.05, 3.63) is 24.3 Å². The second-order valence-electron chi connectivity index (χ2n) is 6.92. The van der Waals surface area contributed by atoms with Gasteiger partial charge in [0.25, 0.3) is 5.91 Å². The zero-order chi connectivity index (χ0) is 20.4. The van der Waals surface area contributed by atoms with Gasteiger partial charge in [-0.25, -0.2) is 4.98 Å². The molecule has 8 heteroatoms. The summed E-state index contributed by atoms with van der Waals surface area (Å²) >= 11 is 0. The fourth-order valence-corrected chi connectivity index (χ4v) is 3.28. The molecule has 0 spiro atoms. The van der Waals surface area contributed by atoms with E-state index in [0.717, 1.165) is 25.7 Å². The normalized spacial score (nSPS) is 16.5. The Morgan fingerprint density at radius 3 is 2.75 bits per heavy atom. The van der Waals surface area contributed by atoms with Crippen LogP contribution in [0.2, 0.25) is 0 Å². The van der Waals surface area contributed by atoms with Gasteiger partial charge >= 0.3 is 5.97 Å². The van der Waals surface area contributed by atoms with E-state index >= 15 is 0 Å². The van der Waals surface area contributed by atoms with Crippen LogP contribution >= 0.6 is 0 Å². The van der Waals surface area contributed by atoms with E-state index in [-0.39, 0.29) is 35.8 Å². The van der Waals surface area contributed by atoms with Crippen LogP contribution in [-0.4, -0.2) is 70.3 Å². The first-order valence-electron chi connectivity index (χ1n) is 10.1. The Morgan fingerprint density at radius 2 is 2.07 bits per heavy atom. The van der Waals surface area contributed by atoms with Crippen molar-refractivity contribution in [2.24, 2.45) is 5.92 Å². The van der Waals surface area contributed by atoms with Crippen LogP contribution in [0.4, 0.5) is 0 Å². The number of rotatable bonds is 9. The second kappa shape index (κ2) is 11.4. The maximum atomic E-state index is 12.7. The van der Waals surface area contributed by atoms with Gasteiger partial charge in [-0.15, -0.1) is 0 Å². The van der Waals surface area contributed by atoms with Crippen molar-refractivity contribution in [3.63, 3.8) is 0 Å². The molecule has 2 heterocycles. The summed E-state index contributed by atoms with van der Waals surface area (Å²) in [6.07, 6.45) is 8.01. The van der Waals surface area contributed by atoms with Gasteiger partial charge in [-0.05, 0) is 26.2 Å². The highest BCUT2D eigenvalue weighted by Gasteiger charge is 2.29. The van der Waals surface area contributed by atoms with Gasteiger partial charge < -0.3 is 14.5 Å². The second-order valence-corrected chi connectivity index (χ2v) is 6.92. The SMILES string of the molecule is CCCCN(CCC(=O)N1CCC[C@H](C(=O)OCC)C1)C(=O)c1cnccn1. The van der Waals surface area contributed by atoms with Crippen LogP contribution in [0, 0.1) is 5.92 Å². The van der Waals surface area contributed by atoms with Crippen molar-refractivity contribution in [2.45, 2.75) is 46.0 Å². The molecule has 154 valence electrons. The molecule has 1 fully saturated rings. The number of likely N-dealkylation sites (tertiary alicyclic amines) is 1. The Kier molecular flexibility index (Phi) is 8.84. The molecule has 28 heavy (non-hydrogen) atoms. The average Bonchev–Trinajstić information content (AvgIpc) is 2.74. The topological polar surface area (TPSA) is 92.7 Å². The first-order valence-corrected chi connectivity index (χ1v) is 10.1. The van der Waals surface area contributed by atoms with Crippen molar-refractivity contribution in [2.75, 3.05) is 32.8 Å². The molecule has 2 rings (SSSR count). The molecule has 8 nitrogen and oxygen atoms in total. The van der Waals surface area contributed by atoms with Gasteiger partial charge in [0.1, 0.15) is 5.69 Å². The number of carbonyl (C=O) groups excluding carboxylic acids is 3. The van der Waals surface area contributed by atoms with Gasteiger partial charge in [0, 0.05) is 45.0 Å². The third kappa shape index (κ3) is 6.28. The Balaban J connectivity index is 1.93. The minimum Gasteiger partial charge on any atom is -0.466 e. The van der Waals surface area contributed by atoms with E-state index in [1.807, 2.05) is 0 Å². The van der Waals surface area contributed by atoms with Gasteiger partial charge in [-0.1, -0.05) is 13.3 Å². The number of piperidine rings is 1. The molecule has 0 radical (unpaired) electrons. The molecule has 1 aliphatic rings. The highest BCUT2D eigenvalue weighted by molar-refractivity contribution is 5.92. The summed E-state index contributed by atoms with van der Waals surface area (Å²) in [5, 5.41) is 0. The molecule has 2 amide bonds. The molecular weight excluding hydrogens is 360 g/mol. The van der Waals surface area contributed by atoms with Crippen LogP contribution in [0.3, 0.4) is 0 Å². The zero-order valence-electron chi connectivity index (χ0n) is 16.8. The van der Waals surface area contributed by atoms with E-state index in [0.29, 0.717) is 32.8 Å². The van der Waals surface area contributed by atoms with E-state index in [1.54, 1.807) is 16.7 Å². The Morgan fingerprint density at radius 1 is 1.25 bits per heavy atom. The first-order chi connectivity index (χ1) is 13.6. The van der Waals surface area contributed by atoms with Crippen molar-refractivity contribution in [3.8, 4) is 0 Å². The van der Waals surface area contributed by atoms with E-state index in [1.165, 1.54) is 18.6 Å². The van der Waals surface area contributed by atoms with Crippen molar-refractivity contribution in [1.82, 2.24) is 19.8 Å². The Bertz CT molecular complexity index is 653. The summed E-state index contributed by atoms with van der Waals surface area (Å²) in [6.45, 7) is 6.12. The summed E-state index contributed by atoms with van der Waals surface area (Å²) in [4.78, 5) is 48.7.